The van der Waals surface area contributed by atoms with Gasteiger partial charge in [0.15, 0.2) is 0 Å². The fourth-order valence-electron chi connectivity index (χ4n) is 8.30. The highest BCUT2D eigenvalue weighted by atomic mass is 16.6. The number of benzene rings is 3. The number of fused-ring (bicyclic) bond motifs is 3. The van der Waals surface area contributed by atoms with Crippen molar-refractivity contribution < 1.29 is 19.1 Å². The molecule has 10 heteroatoms. The number of carbonyl (C=O) groups is 2. The summed E-state index contributed by atoms with van der Waals surface area (Å²) in [7, 11) is 0. The van der Waals surface area contributed by atoms with E-state index >= 15 is 0 Å². The van der Waals surface area contributed by atoms with Crippen molar-refractivity contribution in [3.8, 4) is 33.6 Å². The van der Waals surface area contributed by atoms with Gasteiger partial charge in [0.2, 0.25) is 0 Å². The molecule has 4 aliphatic rings. The van der Waals surface area contributed by atoms with Crippen LogP contribution in [0.4, 0.5) is 9.59 Å². The molecular weight excluding hydrogens is 652 g/mol. The van der Waals surface area contributed by atoms with Crippen LogP contribution in [0.25, 0.3) is 44.4 Å². The summed E-state index contributed by atoms with van der Waals surface area (Å²) in [4.78, 5) is 46.4. The van der Waals surface area contributed by atoms with Gasteiger partial charge in [0.1, 0.15) is 22.9 Å². The number of nitrogens with one attached hydrogen (secondary N) is 2. The summed E-state index contributed by atoms with van der Waals surface area (Å²) in [6.07, 6.45) is 7.15. The number of hydrogen-bond acceptors (Lipinski definition) is 6. The van der Waals surface area contributed by atoms with Crippen molar-refractivity contribution in [2.45, 2.75) is 103 Å². The van der Waals surface area contributed by atoms with Crippen molar-refractivity contribution in [1.29, 1.82) is 0 Å². The number of imidazole rings is 2. The van der Waals surface area contributed by atoms with Gasteiger partial charge < -0.3 is 19.4 Å². The summed E-state index contributed by atoms with van der Waals surface area (Å²) in [6, 6.07) is 21.9. The fraction of sp³-hybridized carbons (Fsp3) is 0.429. The van der Waals surface area contributed by atoms with Gasteiger partial charge in [-0.25, -0.2) is 19.6 Å². The van der Waals surface area contributed by atoms with Gasteiger partial charge in [-0.1, -0.05) is 48.5 Å². The Morgan fingerprint density at radius 2 is 1.02 bits per heavy atom. The zero-order chi connectivity index (χ0) is 36.1. The first-order valence-corrected chi connectivity index (χ1v) is 18.6. The Morgan fingerprint density at radius 3 is 1.52 bits per heavy atom. The Morgan fingerprint density at radius 1 is 0.596 bits per heavy atom. The molecule has 4 fully saturated rings. The average Bonchev–Trinajstić information content (AvgIpc) is 3.68. The largest absolute Gasteiger partial charge is 0.444 e. The van der Waals surface area contributed by atoms with Crippen molar-refractivity contribution in [3.63, 3.8) is 0 Å². The number of piperidine rings is 2. The minimum Gasteiger partial charge on any atom is -0.444 e. The Bertz CT molecular complexity index is 2190. The van der Waals surface area contributed by atoms with E-state index in [4.69, 9.17) is 19.4 Å². The number of aromatic nitrogens is 4. The first-order valence-electron chi connectivity index (χ1n) is 18.6. The SMILES string of the molecule is CC(C)(C)OC(=O)N1C2CC2C[C@H]1c1ncc(-c2ccc(-c3ccc4cc(-c5cnc([C@@H]6CC7CC7N6C(=O)OC(C)(C)C)[nH]5)ccc4c3)cc2)[nH]1. The zero-order valence-electron chi connectivity index (χ0n) is 30.6. The molecule has 9 rings (SSSR count). The molecule has 0 bridgehead atoms. The molecule has 3 aromatic carbocycles. The number of nitrogens with zero attached hydrogens (tertiary/aromatic N) is 4. The van der Waals surface area contributed by atoms with E-state index in [1.54, 1.807) is 0 Å². The molecule has 4 unspecified atom stereocenters. The lowest BCUT2D eigenvalue weighted by atomic mass is 9.98. The fourth-order valence-corrected chi connectivity index (χ4v) is 8.30. The van der Waals surface area contributed by atoms with Crippen LogP contribution in [0.15, 0.2) is 73.1 Å². The Hall–Kier alpha value is -5.12. The molecule has 2 N–H and O–H groups in total. The van der Waals surface area contributed by atoms with E-state index in [9.17, 15) is 9.59 Å². The summed E-state index contributed by atoms with van der Waals surface area (Å²) in [6.45, 7) is 11.4. The van der Waals surface area contributed by atoms with E-state index in [-0.39, 0.29) is 36.4 Å². The van der Waals surface area contributed by atoms with Crippen LogP contribution in [0.1, 0.15) is 91.0 Å². The van der Waals surface area contributed by atoms with Crippen molar-refractivity contribution in [2.24, 2.45) is 11.8 Å². The molecule has 52 heavy (non-hydrogen) atoms. The van der Waals surface area contributed by atoms with Crippen LogP contribution in [0, 0.1) is 11.8 Å². The molecule has 2 saturated heterocycles. The van der Waals surface area contributed by atoms with E-state index in [0.29, 0.717) is 11.8 Å². The van der Waals surface area contributed by atoms with Crippen LogP contribution in [-0.2, 0) is 9.47 Å². The molecule has 0 radical (unpaired) electrons. The summed E-state index contributed by atoms with van der Waals surface area (Å²) in [5.41, 5.74) is 5.17. The van der Waals surface area contributed by atoms with Gasteiger partial charge in [-0.15, -0.1) is 0 Å². The van der Waals surface area contributed by atoms with Crippen LogP contribution < -0.4 is 0 Å². The van der Waals surface area contributed by atoms with Gasteiger partial charge in [0.25, 0.3) is 0 Å². The predicted molar refractivity (Wildman–Crippen MR) is 199 cm³/mol. The Labute approximate surface area is 303 Å². The highest BCUT2D eigenvalue weighted by Crippen LogP contribution is 2.54. The molecule has 2 saturated carbocycles. The van der Waals surface area contributed by atoms with E-state index < -0.39 is 11.2 Å². The topological polar surface area (TPSA) is 116 Å². The smallest absolute Gasteiger partial charge is 0.411 e. The summed E-state index contributed by atoms with van der Waals surface area (Å²) < 4.78 is 11.5. The first-order chi connectivity index (χ1) is 24.8. The van der Waals surface area contributed by atoms with Gasteiger partial charge in [0, 0.05) is 17.6 Å². The number of amides is 2. The number of likely N-dealkylation sites (tertiary alicyclic amines) is 2. The molecule has 6 atom stereocenters. The molecule has 2 aliphatic heterocycles. The number of hydrogen-bond donors (Lipinski definition) is 2. The number of aromatic amines is 2. The number of rotatable bonds is 5. The normalized spacial score (nSPS) is 24.9. The molecule has 0 spiro atoms. The van der Waals surface area contributed by atoms with Gasteiger partial charge in [-0.05, 0) is 119 Å². The van der Waals surface area contributed by atoms with Crippen LogP contribution in [0.5, 0.6) is 0 Å². The highest BCUT2D eigenvalue weighted by Gasteiger charge is 2.57. The third kappa shape index (κ3) is 6.11. The molecular formula is C42H46N6O4. The van der Waals surface area contributed by atoms with Crippen molar-refractivity contribution in [1.82, 2.24) is 29.7 Å². The van der Waals surface area contributed by atoms with Crippen LogP contribution in [0.3, 0.4) is 0 Å². The van der Waals surface area contributed by atoms with Crippen LogP contribution in [0.2, 0.25) is 0 Å². The molecule has 4 heterocycles. The van der Waals surface area contributed by atoms with Gasteiger partial charge >= 0.3 is 12.2 Å². The maximum atomic E-state index is 13.1. The van der Waals surface area contributed by atoms with Crippen LogP contribution in [-0.4, -0.2) is 65.2 Å². The van der Waals surface area contributed by atoms with E-state index in [0.717, 1.165) is 81.7 Å². The summed E-state index contributed by atoms with van der Waals surface area (Å²) in [5.74, 6) is 2.69. The summed E-state index contributed by atoms with van der Waals surface area (Å²) >= 11 is 0. The second kappa shape index (κ2) is 11.7. The number of H-pyrrole nitrogens is 2. The van der Waals surface area contributed by atoms with Crippen molar-refractivity contribution in [2.75, 3.05) is 0 Å². The Kier molecular flexibility index (Phi) is 7.37. The van der Waals surface area contributed by atoms with Crippen molar-refractivity contribution in [3.05, 3.63) is 84.7 Å². The number of carbonyl (C=O) groups excluding carboxylic acids is 2. The molecule has 2 aliphatic carbocycles. The average molecular weight is 699 g/mol. The van der Waals surface area contributed by atoms with Gasteiger partial charge in [0.05, 0.1) is 35.9 Å². The Balaban J connectivity index is 0.890. The zero-order valence-corrected chi connectivity index (χ0v) is 30.6. The minimum atomic E-state index is -0.535. The van der Waals surface area contributed by atoms with Gasteiger partial charge in [-0.3, -0.25) is 9.80 Å². The second-order valence-electron chi connectivity index (χ2n) is 17.1. The maximum absolute atomic E-state index is 13.1. The first kappa shape index (κ1) is 32.8. The quantitative estimate of drug-likeness (QED) is 0.189. The van der Waals surface area contributed by atoms with E-state index in [1.807, 2.05) is 63.7 Å². The van der Waals surface area contributed by atoms with Crippen LogP contribution >= 0.6 is 0 Å². The molecule has 268 valence electrons. The third-order valence-electron chi connectivity index (χ3n) is 10.9. The molecule has 5 aromatic rings. The summed E-state index contributed by atoms with van der Waals surface area (Å²) in [5, 5.41) is 2.29. The molecule has 2 amide bonds. The lowest BCUT2D eigenvalue weighted by Crippen LogP contribution is -2.38. The maximum Gasteiger partial charge on any atom is 0.411 e. The standard InChI is InChI=1S/C42H46N6O4/c1-41(2,3)51-39(49)47-33-17-29(33)19-35(47)37-43-21-31(45-37)24-9-7-23(8-10-24)25-11-12-27-16-28(14-13-26(27)15-25)32-22-44-38(46-32)36-20-30-18-34(30)48(36)40(50)52-42(4,5)6/h7-16,21-22,29-30,33-36H,17-20H2,1-6H3,(H,43,45)(H,44,46)/t29?,30?,33?,34?,35-,36-/m0/s1. The van der Waals surface area contributed by atoms with Gasteiger partial charge in [-0.2, -0.15) is 0 Å². The predicted octanol–water partition coefficient (Wildman–Crippen LogP) is 9.43. The third-order valence-corrected chi connectivity index (χ3v) is 10.9. The van der Waals surface area contributed by atoms with E-state index in [2.05, 4.69) is 70.6 Å². The molecule has 10 nitrogen and oxygen atoms in total. The van der Waals surface area contributed by atoms with Crippen molar-refractivity contribution >= 4 is 23.0 Å². The van der Waals surface area contributed by atoms with E-state index in [1.165, 1.54) is 0 Å². The monoisotopic (exact) mass is 698 g/mol. The number of ether oxygens (including phenoxy) is 2. The molecule has 2 aromatic heterocycles. The highest BCUT2D eigenvalue weighted by molar-refractivity contribution is 5.90. The lowest BCUT2D eigenvalue weighted by molar-refractivity contribution is 0.0164. The minimum absolute atomic E-state index is 0.0904. The lowest BCUT2D eigenvalue weighted by Gasteiger charge is -2.29. The second-order valence-corrected chi connectivity index (χ2v) is 17.1.